The van der Waals surface area contributed by atoms with Gasteiger partial charge in [0.25, 0.3) is 5.91 Å². The number of piperazine rings is 1. The van der Waals surface area contributed by atoms with Crippen molar-refractivity contribution in [3.8, 4) is 5.75 Å². The van der Waals surface area contributed by atoms with E-state index in [2.05, 4.69) is 28.1 Å². The van der Waals surface area contributed by atoms with Crippen LogP contribution < -0.4 is 4.74 Å². The van der Waals surface area contributed by atoms with Crippen molar-refractivity contribution < 1.29 is 19.1 Å². The topological polar surface area (TPSA) is 78.1 Å². The van der Waals surface area contributed by atoms with Crippen LogP contribution in [0.2, 0.25) is 0 Å². The molecule has 3 aromatic rings. The first-order valence-corrected chi connectivity index (χ1v) is 12.7. The summed E-state index contributed by atoms with van der Waals surface area (Å²) in [4.78, 5) is 37.1. The number of aromatic amines is 1. The number of fused-ring (bicyclic) bond motifs is 5. The molecule has 1 N–H and O–H groups in total. The minimum Gasteiger partial charge on any atom is -0.497 e. The highest BCUT2D eigenvalue weighted by Gasteiger charge is 2.56. The molecule has 1 aromatic heterocycles. The molecule has 188 valence electrons. The van der Waals surface area contributed by atoms with Crippen LogP contribution in [0, 0.1) is 0 Å². The summed E-state index contributed by atoms with van der Waals surface area (Å²) in [6, 6.07) is 16.2. The van der Waals surface area contributed by atoms with Gasteiger partial charge in [-0.15, -0.1) is 0 Å². The van der Waals surface area contributed by atoms with Crippen molar-refractivity contribution in [2.75, 3.05) is 59.6 Å². The van der Waals surface area contributed by atoms with E-state index in [0.717, 1.165) is 53.1 Å². The second kappa shape index (κ2) is 8.94. The van der Waals surface area contributed by atoms with Crippen LogP contribution in [0.1, 0.15) is 29.7 Å². The molecular formula is C28H32N4O4. The van der Waals surface area contributed by atoms with Gasteiger partial charge >= 0.3 is 0 Å². The second-order valence-corrected chi connectivity index (χ2v) is 10.0. The minimum absolute atomic E-state index is 0.0121. The van der Waals surface area contributed by atoms with E-state index in [4.69, 9.17) is 9.47 Å². The number of carbonyl (C=O) groups is 2. The summed E-state index contributed by atoms with van der Waals surface area (Å²) in [5.74, 6) is 0.712. The average Bonchev–Trinajstić information content (AvgIpc) is 3.32. The molecule has 0 aliphatic carbocycles. The molecule has 3 aliphatic heterocycles. The van der Waals surface area contributed by atoms with Gasteiger partial charge in [-0.3, -0.25) is 14.5 Å². The standard InChI is InChI=1S/C28H32N4O4/c1-28-26-25(21-5-3-4-6-23(21)29-26)22(19-7-9-20(35-2)10-8-19)17-32(28)24(33)18-31(27(28)34)12-11-30-13-15-36-16-14-30/h3-10,22,29H,11-18H2,1-2H3. The lowest BCUT2D eigenvalue weighted by molar-refractivity contribution is -0.166. The Morgan fingerprint density at radius 1 is 1.06 bits per heavy atom. The molecule has 0 radical (unpaired) electrons. The number of carbonyl (C=O) groups excluding carboxylic acids is 2. The van der Waals surface area contributed by atoms with E-state index in [1.165, 1.54) is 0 Å². The van der Waals surface area contributed by atoms with Gasteiger partial charge in [0.15, 0.2) is 5.54 Å². The van der Waals surface area contributed by atoms with Gasteiger partial charge in [-0.05, 0) is 36.2 Å². The predicted octanol–water partition coefficient (Wildman–Crippen LogP) is 2.54. The fraction of sp³-hybridized carbons (Fsp3) is 0.429. The molecule has 36 heavy (non-hydrogen) atoms. The van der Waals surface area contributed by atoms with E-state index < -0.39 is 5.54 Å². The lowest BCUT2D eigenvalue weighted by Gasteiger charge is -2.51. The van der Waals surface area contributed by atoms with E-state index in [-0.39, 0.29) is 24.3 Å². The van der Waals surface area contributed by atoms with Gasteiger partial charge in [0.1, 0.15) is 5.75 Å². The van der Waals surface area contributed by atoms with Gasteiger partial charge in [0.05, 0.1) is 32.6 Å². The monoisotopic (exact) mass is 488 g/mol. The quantitative estimate of drug-likeness (QED) is 0.597. The fourth-order valence-corrected chi connectivity index (χ4v) is 6.08. The number of ether oxygens (including phenoxy) is 2. The molecule has 2 aromatic carbocycles. The molecule has 8 nitrogen and oxygen atoms in total. The SMILES string of the molecule is COc1ccc(C2CN3C(=O)CN(CCN4CCOCC4)C(=O)C3(C)c3[nH]c4ccccc4c32)cc1. The third-order valence-corrected chi connectivity index (χ3v) is 8.13. The number of methoxy groups -OCH3 is 1. The number of hydrogen-bond acceptors (Lipinski definition) is 5. The Hall–Kier alpha value is -3.36. The lowest BCUT2D eigenvalue weighted by atomic mass is 9.76. The van der Waals surface area contributed by atoms with Crippen molar-refractivity contribution >= 4 is 22.7 Å². The molecule has 0 saturated carbocycles. The number of H-pyrrole nitrogens is 1. The number of hydrogen-bond donors (Lipinski definition) is 1. The number of nitrogens with zero attached hydrogens (tertiary/aromatic N) is 3. The maximum Gasteiger partial charge on any atom is 0.254 e. The first-order chi connectivity index (χ1) is 17.5. The van der Waals surface area contributed by atoms with Gasteiger partial charge < -0.3 is 24.3 Å². The van der Waals surface area contributed by atoms with E-state index in [0.29, 0.717) is 26.3 Å². The molecule has 8 heteroatoms. The second-order valence-electron chi connectivity index (χ2n) is 10.0. The molecular weight excluding hydrogens is 456 g/mol. The summed E-state index contributed by atoms with van der Waals surface area (Å²) in [7, 11) is 1.65. The number of aromatic nitrogens is 1. The zero-order valence-electron chi connectivity index (χ0n) is 20.8. The third kappa shape index (κ3) is 3.59. The van der Waals surface area contributed by atoms with Crippen LogP contribution >= 0.6 is 0 Å². The Morgan fingerprint density at radius 2 is 1.81 bits per heavy atom. The minimum atomic E-state index is -1.07. The molecule has 3 aliphatic rings. The van der Waals surface area contributed by atoms with Gasteiger partial charge in [-0.2, -0.15) is 0 Å². The van der Waals surface area contributed by atoms with Crippen molar-refractivity contribution in [3.63, 3.8) is 0 Å². The summed E-state index contributed by atoms with van der Waals surface area (Å²) in [5, 5.41) is 1.10. The van der Waals surface area contributed by atoms with Crippen LogP contribution in [0.25, 0.3) is 10.9 Å². The van der Waals surface area contributed by atoms with Crippen molar-refractivity contribution in [1.29, 1.82) is 0 Å². The van der Waals surface area contributed by atoms with Crippen LogP contribution in [-0.2, 0) is 19.9 Å². The van der Waals surface area contributed by atoms with Crippen molar-refractivity contribution in [1.82, 2.24) is 19.7 Å². The third-order valence-electron chi connectivity index (χ3n) is 8.13. The Balaban J connectivity index is 1.41. The molecule has 2 amide bonds. The van der Waals surface area contributed by atoms with Crippen LogP contribution in [-0.4, -0.2) is 91.1 Å². The zero-order valence-corrected chi connectivity index (χ0v) is 20.8. The molecule has 0 bridgehead atoms. The number of nitrogens with one attached hydrogen (secondary N) is 1. The highest BCUT2D eigenvalue weighted by atomic mass is 16.5. The first kappa shape index (κ1) is 23.1. The van der Waals surface area contributed by atoms with Crippen LogP contribution in [0.3, 0.4) is 0 Å². The Morgan fingerprint density at radius 3 is 2.56 bits per heavy atom. The number of amides is 2. The summed E-state index contributed by atoms with van der Waals surface area (Å²) < 4.78 is 10.8. The van der Waals surface area contributed by atoms with E-state index >= 15 is 0 Å². The maximum atomic E-state index is 14.1. The van der Waals surface area contributed by atoms with Gasteiger partial charge in [0, 0.05) is 49.5 Å². The molecule has 2 saturated heterocycles. The molecule has 2 fully saturated rings. The fourth-order valence-electron chi connectivity index (χ4n) is 6.08. The smallest absolute Gasteiger partial charge is 0.254 e. The zero-order chi connectivity index (χ0) is 24.9. The Kier molecular flexibility index (Phi) is 5.73. The maximum absolute atomic E-state index is 14.1. The number of benzene rings is 2. The Bertz CT molecular complexity index is 1300. The van der Waals surface area contributed by atoms with Gasteiger partial charge in [-0.25, -0.2) is 0 Å². The number of morpholine rings is 1. The van der Waals surface area contributed by atoms with Crippen molar-refractivity contribution in [3.05, 3.63) is 65.4 Å². The molecule has 6 rings (SSSR count). The van der Waals surface area contributed by atoms with Crippen LogP contribution in [0.15, 0.2) is 48.5 Å². The summed E-state index contributed by atoms with van der Waals surface area (Å²) in [6.45, 7) is 6.89. The number of rotatable bonds is 5. The van der Waals surface area contributed by atoms with E-state index in [1.807, 2.05) is 37.3 Å². The Labute approximate surface area is 210 Å². The van der Waals surface area contributed by atoms with E-state index in [1.54, 1.807) is 16.9 Å². The highest BCUT2D eigenvalue weighted by Crippen LogP contribution is 2.48. The summed E-state index contributed by atoms with van der Waals surface area (Å²) in [6.07, 6.45) is 0. The normalized spacial score (nSPS) is 24.7. The lowest BCUT2D eigenvalue weighted by Crippen LogP contribution is -2.68. The van der Waals surface area contributed by atoms with Gasteiger partial charge in [-0.1, -0.05) is 30.3 Å². The number of para-hydroxylation sites is 1. The van der Waals surface area contributed by atoms with Crippen LogP contribution in [0.4, 0.5) is 0 Å². The van der Waals surface area contributed by atoms with Gasteiger partial charge in [0.2, 0.25) is 5.91 Å². The highest BCUT2D eigenvalue weighted by molar-refractivity contribution is 6.01. The van der Waals surface area contributed by atoms with Crippen LogP contribution in [0.5, 0.6) is 5.75 Å². The van der Waals surface area contributed by atoms with Crippen molar-refractivity contribution in [2.45, 2.75) is 18.4 Å². The van der Waals surface area contributed by atoms with E-state index in [9.17, 15) is 9.59 Å². The largest absolute Gasteiger partial charge is 0.497 e. The summed E-state index contributed by atoms with van der Waals surface area (Å²) >= 11 is 0. The molecule has 2 atom stereocenters. The molecule has 0 spiro atoms. The molecule has 4 heterocycles. The average molecular weight is 489 g/mol. The predicted molar refractivity (Wildman–Crippen MR) is 136 cm³/mol. The molecule has 2 unspecified atom stereocenters. The van der Waals surface area contributed by atoms with Crippen molar-refractivity contribution in [2.24, 2.45) is 0 Å². The first-order valence-electron chi connectivity index (χ1n) is 12.7. The summed E-state index contributed by atoms with van der Waals surface area (Å²) in [5.41, 5.74) is 2.93.